The monoisotopic (exact) mass is 261 g/mol. The number of hydrogen-bond donors (Lipinski definition) is 3. The van der Waals surface area contributed by atoms with Crippen molar-refractivity contribution in [2.24, 2.45) is 0 Å². The predicted molar refractivity (Wildman–Crippen MR) is 67.1 cm³/mol. The normalized spacial score (nSPS) is 19.6. The first-order valence-electron chi connectivity index (χ1n) is 6.02. The predicted octanol–water partition coefficient (Wildman–Crippen LogP) is -0.932. The van der Waals surface area contributed by atoms with Gasteiger partial charge in [-0.1, -0.05) is 0 Å². The summed E-state index contributed by atoms with van der Waals surface area (Å²) >= 11 is 0. The Kier molecular flexibility index (Phi) is 4.28. The van der Waals surface area contributed by atoms with Gasteiger partial charge in [0.25, 0.3) is 5.91 Å². The highest BCUT2D eigenvalue weighted by atomic mass is 16.2. The Balaban J connectivity index is 1.87. The van der Waals surface area contributed by atoms with Crippen molar-refractivity contribution in [1.29, 1.82) is 5.26 Å². The molecule has 19 heavy (non-hydrogen) atoms. The second-order valence-corrected chi connectivity index (χ2v) is 4.28. The molecule has 1 aromatic rings. The number of H-pyrrole nitrogens is 1. The molecule has 2 rings (SSSR count). The Hall–Kier alpha value is -2.17. The van der Waals surface area contributed by atoms with E-state index in [-0.39, 0.29) is 12.6 Å². The lowest BCUT2D eigenvalue weighted by Gasteiger charge is -2.30. The highest BCUT2D eigenvalue weighted by Gasteiger charge is 2.24. The van der Waals surface area contributed by atoms with Gasteiger partial charge in [0.1, 0.15) is 11.7 Å². The minimum Gasteiger partial charge on any atom is -0.357 e. The molecular weight excluding hydrogens is 246 g/mol. The van der Waals surface area contributed by atoms with Crippen molar-refractivity contribution in [2.45, 2.75) is 6.04 Å². The number of aromatic amines is 1. The first-order chi connectivity index (χ1) is 9.20. The Labute approximate surface area is 110 Å². The number of nitriles is 1. The van der Waals surface area contributed by atoms with Gasteiger partial charge in [-0.2, -0.15) is 5.26 Å². The first kappa shape index (κ1) is 13.3. The van der Waals surface area contributed by atoms with E-state index >= 15 is 0 Å². The molecule has 2 heterocycles. The Morgan fingerprint density at radius 1 is 1.58 bits per heavy atom. The lowest BCUT2D eigenvalue weighted by Crippen LogP contribution is -2.53. The molecule has 1 fully saturated rings. The molecule has 1 atom stereocenters. The van der Waals surface area contributed by atoms with Crippen LogP contribution in [0.15, 0.2) is 18.3 Å². The maximum Gasteiger partial charge on any atom is 0.274 e. The average molecular weight is 261 g/mol. The van der Waals surface area contributed by atoms with Crippen molar-refractivity contribution in [1.82, 2.24) is 20.5 Å². The number of carbonyl (C=O) groups excluding carboxylic acids is 2. The second-order valence-electron chi connectivity index (χ2n) is 4.28. The van der Waals surface area contributed by atoms with Crippen molar-refractivity contribution in [3.8, 4) is 6.07 Å². The summed E-state index contributed by atoms with van der Waals surface area (Å²) in [6.07, 6.45) is 1.61. The van der Waals surface area contributed by atoms with Crippen LogP contribution < -0.4 is 10.6 Å². The average Bonchev–Trinajstić information content (AvgIpc) is 2.93. The van der Waals surface area contributed by atoms with Gasteiger partial charge in [0.2, 0.25) is 5.91 Å². The zero-order chi connectivity index (χ0) is 13.7. The summed E-state index contributed by atoms with van der Waals surface area (Å²) in [4.78, 5) is 27.9. The molecule has 1 saturated heterocycles. The van der Waals surface area contributed by atoms with Crippen molar-refractivity contribution in [2.75, 3.05) is 26.2 Å². The minimum absolute atomic E-state index is 0.0480. The molecule has 1 unspecified atom stereocenters. The zero-order valence-electron chi connectivity index (χ0n) is 10.3. The highest BCUT2D eigenvalue weighted by molar-refractivity contribution is 6.04. The molecule has 100 valence electrons. The highest BCUT2D eigenvalue weighted by Crippen LogP contribution is 2.01. The fourth-order valence-electron chi connectivity index (χ4n) is 1.95. The van der Waals surface area contributed by atoms with Crippen molar-refractivity contribution >= 4 is 11.8 Å². The van der Waals surface area contributed by atoms with Gasteiger partial charge >= 0.3 is 0 Å². The third kappa shape index (κ3) is 3.40. The summed E-state index contributed by atoms with van der Waals surface area (Å²) in [5, 5.41) is 14.3. The Bertz CT molecular complexity index is 491. The van der Waals surface area contributed by atoms with Crippen LogP contribution in [-0.2, 0) is 4.79 Å². The topological polar surface area (TPSA) is 101 Å². The quantitative estimate of drug-likeness (QED) is 0.652. The largest absolute Gasteiger partial charge is 0.357 e. The third-order valence-electron chi connectivity index (χ3n) is 2.95. The van der Waals surface area contributed by atoms with Crippen LogP contribution in [-0.4, -0.2) is 53.9 Å². The summed E-state index contributed by atoms with van der Waals surface area (Å²) < 4.78 is 0. The summed E-state index contributed by atoms with van der Waals surface area (Å²) in [6, 6.07) is 5.07. The summed E-state index contributed by atoms with van der Waals surface area (Å²) in [5.41, 5.74) is 0.338. The van der Waals surface area contributed by atoms with Crippen molar-refractivity contribution in [3.05, 3.63) is 24.0 Å². The maximum absolute atomic E-state index is 11.8. The van der Waals surface area contributed by atoms with Gasteiger partial charge in [-0.3, -0.25) is 19.8 Å². The van der Waals surface area contributed by atoms with Crippen LogP contribution in [0.5, 0.6) is 0 Å². The minimum atomic E-state index is -0.460. The SMILES string of the molecule is N#CC1CNCCN1CC(=O)NC(=O)c1ccc[nH]1. The number of aromatic nitrogens is 1. The van der Waals surface area contributed by atoms with E-state index in [2.05, 4.69) is 21.7 Å². The molecule has 0 radical (unpaired) electrons. The number of imide groups is 1. The number of nitrogens with zero attached hydrogens (tertiary/aromatic N) is 2. The molecule has 3 N–H and O–H groups in total. The number of nitrogens with one attached hydrogen (secondary N) is 3. The van der Waals surface area contributed by atoms with Gasteiger partial charge in [-0.05, 0) is 12.1 Å². The van der Waals surface area contributed by atoms with Crippen LogP contribution in [0.25, 0.3) is 0 Å². The second kappa shape index (κ2) is 6.13. The molecule has 0 aromatic carbocycles. The van der Waals surface area contributed by atoms with Crippen LogP contribution in [0.4, 0.5) is 0 Å². The molecule has 0 saturated carbocycles. The number of carbonyl (C=O) groups is 2. The standard InChI is InChI=1S/C12H15N5O2/c13-6-9-7-14-4-5-17(9)8-11(18)16-12(19)10-2-1-3-15-10/h1-3,9,14-15H,4-5,7-8H2,(H,16,18,19). The molecule has 0 bridgehead atoms. The number of amides is 2. The molecule has 7 nitrogen and oxygen atoms in total. The lowest BCUT2D eigenvalue weighted by atomic mass is 10.2. The van der Waals surface area contributed by atoms with E-state index in [9.17, 15) is 9.59 Å². The molecular formula is C12H15N5O2. The smallest absolute Gasteiger partial charge is 0.274 e. The molecule has 1 aromatic heterocycles. The lowest BCUT2D eigenvalue weighted by molar-refractivity contribution is -0.121. The van der Waals surface area contributed by atoms with Gasteiger partial charge in [0.05, 0.1) is 12.6 Å². The van der Waals surface area contributed by atoms with Gasteiger partial charge in [-0.25, -0.2) is 0 Å². The maximum atomic E-state index is 11.8. The summed E-state index contributed by atoms with van der Waals surface area (Å²) in [6.45, 7) is 1.93. The molecule has 1 aliphatic heterocycles. The van der Waals surface area contributed by atoms with E-state index in [1.165, 1.54) is 0 Å². The van der Waals surface area contributed by atoms with Crippen LogP contribution in [0, 0.1) is 11.3 Å². The molecule has 1 aliphatic rings. The fraction of sp³-hybridized carbons (Fsp3) is 0.417. The number of piperazine rings is 1. The van der Waals surface area contributed by atoms with Gasteiger partial charge in [-0.15, -0.1) is 0 Å². The zero-order valence-corrected chi connectivity index (χ0v) is 10.3. The fourth-order valence-corrected chi connectivity index (χ4v) is 1.95. The van der Waals surface area contributed by atoms with Crippen LogP contribution in [0.3, 0.4) is 0 Å². The van der Waals surface area contributed by atoms with Crippen LogP contribution >= 0.6 is 0 Å². The van der Waals surface area contributed by atoms with Gasteiger partial charge in [0.15, 0.2) is 0 Å². The van der Waals surface area contributed by atoms with Gasteiger partial charge < -0.3 is 10.3 Å². The summed E-state index contributed by atoms with van der Waals surface area (Å²) in [5.74, 6) is -0.861. The molecule has 7 heteroatoms. The van der Waals surface area contributed by atoms with E-state index in [0.29, 0.717) is 18.8 Å². The number of rotatable bonds is 3. The van der Waals surface area contributed by atoms with Crippen LogP contribution in [0.1, 0.15) is 10.5 Å². The first-order valence-corrected chi connectivity index (χ1v) is 6.02. The van der Waals surface area contributed by atoms with E-state index in [4.69, 9.17) is 5.26 Å². The molecule has 2 amide bonds. The Morgan fingerprint density at radius 2 is 2.42 bits per heavy atom. The van der Waals surface area contributed by atoms with E-state index in [1.54, 1.807) is 23.2 Å². The third-order valence-corrected chi connectivity index (χ3v) is 2.95. The van der Waals surface area contributed by atoms with Crippen molar-refractivity contribution in [3.63, 3.8) is 0 Å². The summed E-state index contributed by atoms with van der Waals surface area (Å²) in [7, 11) is 0. The van der Waals surface area contributed by atoms with E-state index in [0.717, 1.165) is 6.54 Å². The molecule has 0 aliphatic carbocycles. The molecule has 0 spiro atoms. The van der Waals surface area contributed by atoms with Gasteiger partial charge in [0, 0.05) is 25.8 Å². The van der Waals surface area contributed by atoms with E-state index in [1.807, 2.05) is 0 Å². The van der Waals surface area contributed by atoms with Crippen LogP contribution in [0.2, 0.25) is 0 Å². The Morgan fingerprint density at radius 3 is 3.11 bits per heavy atom. The van der Waals surface area contributed by atoms with E-state index < -0.39 is 11.8 Å². The van der Waals surface area contributed by atoms with Crippen molar-refractivity contribution < 1.29 is 9.59 Å². The number of hydrogen-bond acceptors (Lipinski definition) is 5.